The largest absolute Gasteiger partial charge is 0.450 e. The smallest absolute Gasteiger partial charge is 0.356 e. The molecule has 0 radical (unpaired) electrons. The first-order valence-electron chi connectivity index (χ1n) is 16.7. The van der Waals surface area contributed by atoms with Crippen LogP contribution in [0.3, 0.4) is 0 Å². The van der Waals surface area contributed by atoms with Gasteiger partial charge in [0.2, 0.25) is 0 Å². The number of hydrogen-bond acceptors (Lipinski definition) is 6. The fourth-order valence-electron chi connectivity index (χ4n) is 10.3. The SMILES string of the molecule is CC1=C[C@]23C(O)[C@@H](C=C4COC(C)(C)O[C@H]4[C@]2(O)[C@H]1OC(=O)c1c(-c2ccccc2)c2ccccc2n1C)[C@H]1[C@@H](C[C@H]3C)C1(C)C. The minimum Gasteiger partial charge on any atom is -0.450 e. The van der Waals surface area contributed by atoms with E-state index in [1.54, 1.807) is 0 Å². The Labute approximate surface area is 270 Å². The van der Waals surface area contributed by atoms with Gasteiger partial charge in [0.05, 0.1) is 18.1 Å². The Kier molecular flexibility index (Phi) is 6.33. The second-order valence-corrected chi connectivity index (χ2v) is 15.6. The fourth-order valence-corrected chi connectivity index (χ4v) is 10.3. The molecule has 4 aliphatic carbocycles. The van der Waals surface area contributed by atoms with Gasteiger partial charge in [-0.15, -0.1) is 0 Å². The average molecular weight is 624 g/mol. The zero-order valence-electron chi connectivity index (χ0n) is 27.8. The first-order chi connectivity index (χ1) is 21.7. The molecule has 5 aliphatic rings. The second kappa shape index (κ2) is 9.66. The van der Waals surface area contributed by atoms with Crippen LogP contribution in [0.15, 0.2) is 77.9 Å². The molecule has 1 saturated heterocycles. The van der Waals surface area contributed by atoms with Gasteiger partial charge in [0, 0.05) is 29.4 Å². The van der Waals surface area contributed by atoms with Gasteiger partial charge < -0.3 is 29.0 Å². The molecular weight excluding hydrogens is 578 g/mol. The summed E-state index contributed by atoms with van der Waals surface area (Å²) in [7, 11) is 1.88. The summed E-state index contributed by atoms with van der Waals surface area (Å²) in [5.41, 5.74) is 1.77. The number of ether oxygens (including phenoxy) is 3. The van der Waals surface area contributed by atoms with Gasteiger partial charge in [-0.25, -0.2) is 4.79 Å². The van der Waals surface area contributed by atoms with Crippen LogP contribution >= 0.6 is 0 Å². The first-order valence-corrected chi connectivity index (χ1v) is 16.7. The number of carbonyl (C=O) groups excluding carboxylic acids is 1. The zero-order valence-corrected chi connectivity index (χ0v) is 27.8. The van der Waals surface area contributed by atoms with E-state index in [0.717, 1.165) is 39.6 Å². The number of fused-ring (bicyclic) bond motifs is 6. The molecule has 1 aromatic heterocycles. The molecule has 7 heteroatoms. The molecule has 2 saturated carbocycles. The maximum atomic E-state index is 14.6. The van der Waals surface area contributed by atoms with Crippen LogP contribution in [-0.2, 0) is 21.3 Å². The fraction of sp³-hybridized carbons (Fsp3) is 0.513. The molecule has 8 rings (SSSR count). The van der Waals surface area contributed by atoms with Gasteiger partial charge >= 0.3 is 5.97 Å². The Morgan fingerprint density at radius 1 is 1.04 bits per heavy atom. The number of hydrogen-bond donors (Lipinski definition) is 2. The lowest BCUT2D eigenvalue weighted by molar-refractivity contribution is -0.312. The van der Waals surface area contributed by atoms with Crippen LogP contribution in [0.25, 0.3) is 22.0 Å². The molecule has 3 aromatic rings. The van der Waals surface area contributed by atoms with Crippen molar-refractivity contribution < 1.29 is 29.2 Å². The van der Waals surface area contributed by atoms with Crippen molar-refractivity contribution in [3.05, 3.63) is 83.6 Å². The number of rotatable bonds is 3. The Bertz CT molecular complexity index is 1820. The van der Waals surface area contributed by atoms with E-state index in [1.165, 1.54) is 0 Å². The number of aliphatic hydroxyl groups is 2. The molecule has 1 aliphatic heterocycles. The van der Waals surface area contributed by atoms with Crippen LogP contribution in [0, 0.1) is 34.5 Å². The highest BCUT2D eigenvalue weighted by Gasteiger charge is 2.77. The lowest BCUT2D eigenvalue weighted by atomic mass is 9.58. The molecule has 3 fully saturated rings. The summed E-state index contributed by atoms with van der Waals surface area (Å²) >= 11 is 0. The number of para-hydroxylation sites is 1. The van der Waals surface area contributed by atoms with Gasteiger partial charge in [-0.2, -0.15) is 0 Å². The van der Waals surface area contributed by atoms with Crippen molar-refractivity contribution in [2.45, 2.75) is 77.7 Å². The summed E-state index contributed by atoms with van der Waals surface area (Å²) < 4.78 is 21.3. The predicted octanol–water partition coefficient (Wildman–Crippen LogP) is 6.43. The van der Waals surface area contributed by atoms with Crippen molar-refractivity contribution in [3.8, 4) is 11.1 Å². The van der Waals surface area contributed by atoms with Crippen molar-refractivity contribution in [2.24, 2.45) is 41.5 Å². The molecule has 242 valence electrons. The minimum atomic E-state index is -1.77. The maximum Gasteiger partial charge on any atom is 0.356 e. The monoisotopic (exact) mass is 623 g/mol. The van der Waals surface area contributed by atoms with Gasteiger partial charge in [0.1, 0.15) is 17.4 Å². The van der Waals surface area contributed by atoms with Gasteiger partial charge in [0.15, 0.2) is 11.9 Å². The van der Waals surface area contributed by atoms with E-state index in [4.69, 9.17) is 14.2 Å². The highest BCUT2D eigenvalue weighted by Crippen LogP contribution is 2.73. The van der Waals surface area contributed by atoms with Crippen LogP contribution < -0.4 is 0 Å². The maximum absolute atomic E-state index is 14.6. The normalized spacial score (nSPS) is 38.4. The van der Waals surface area contributed by atoms with Gasteiger partial charge in [0.25, 0.3) is 0 Å². The molecule has 46 heavy (non-hydrogen) atoms. The first kappa shape index (κ1) is 30.1. The standard InChI is InChI=1S/C39H45NO6/c1-21-19-38-22(2)17-27-30(36(27,3)4)26(32(38)41)18-24-20-44-37(5,6)46-34(24)39(38,43)33(21)45-35(42)31-29(23-13-9-8-10-14-23)25-15-11-12-16-28(25)40(31)7/h8-16,18-19,22,26-27,30,32-34,41,43H,17,20H2,1-7H3/t22-,26+,27-,30+,32?,33+,34-,38+,39-/m1/s1. The lowest BCUT2D eigenvalue weighted by Crippen LogP contribution is -2.69. The molecule has 1 spiro atoms. The zero-order chi connectivity index (χ0) is 32.6. The number of benzene rings is 2. The molecular formula is C39H45NO6. The van der Waals surface area contributed by atoms with Crippen molar-refractivity contribution in [2.75, 3.05) is 6.61 Å². The highest BCUT2D eigenvalue weighted by atomic mass is 16.7. The molecule has 1 unspecified atom stereocenters. The number of aryl methyl sites for hydroxylation is 1. The highest BCUT2D eigenvalue weighted by molar-refractivity contribution is 6.08. The molecule has 2 heterocycles. The number of nitrogens with zero attached hydrogens (tertiary/aromatic N) is 1. The van der Waals surface area contributed by atoms with Crippen LogP contribution in [0.2, 0.25) is 0 Å². The Balaban J connectivity index is 1.29. The van der Waals surface area contributed by atoms with Crippen LogP contribution in [0.1, 0.15) is 58.5 Å². The van der Waals surface area contributed by atoms with Gasteiger partial charge in [-0.1, -0.05) is 81.5 Å². The lowest BCUT2D eigenvalue weighted by Gasteiger charge is -2.55. The van der Waals surface area contributed by atoms with Crippen LogP contribution in [0.5, 0.6) is 0 Å². The third kappa shape index (κ3) is 3.77. The van der Waals surface area contributed by atoms with Crippen molar-refractivity contribution >= 4 is 16.9 Å². The topological polar surface area (TPSA) is 90.2 Å². The van der Waals surface area contributed by atoms with E-state index in [2.05, 4.69) is 26.8 Å². The molecule has 2 N–H and O–H groups in total. The van der Waals surface area contributed by atoms with Crippen molar-refractivity contribution in [1.29, 1.82) is 0 Å². The second-order valence-electron chi connectivity index (χ2n) is 15.6. The van der Waals surface area contributed by atoms with E-state index in [9.17, 15) is 15.0 Å². The average Bonchev–Trinajstić information content (AvgIpc) is 3.34. The third-order valence-corrected chi connectivity index (χ3v) is 12.5. The van der Waals surface area contributed by atoms with Crippen LogP contribution in [0.4, 0.5) is 0 Å². The molecule has 7 nitrogen and oxygen atoms in total. The van der Waals surface area contributed by atoms with Crippen LogP contribution in [-0.4, -0.2) is 57.1 Å². The van der Waals surface area contributed by atoms with Gasteiger partial charge in [-0.05, 0) is 73.1 Å². The molecule has 0 amide bonds. The van der Waals surface area contributed by atoms with Crippen molar-refractivity contribution in [3.63, 3.8) is 0 Å². The van der Waals surface area contributed by atoms with E-state index >= 15 is 0 Å². The minimum absolute atomic E-state index is 0.0811. The molecule has 2 bridgehead atoms. The quantitative estimate of drug-likeness (QED) is 0.258. The number of aromatic nitrogens is 1. The molecule has 9 atom stereocenters. The summed E-state index contributed by atoms with van der Waals surface area (Å²) in [5.74, 6) is -1.12. The van der Waals surface area contributed by atoms with E-state index < -0.39 is 41.1 Å². The Morgan fingerprint density at radius 3 is 2.48 bits per heavy atom. The van der Waals surface area contributed by atoms with Gasteiger partial charge in [-0.3, -0.25) is 0 Å². The van der Waals surface area contributed by atoms with Crippen molar-refractivity contribution in [1.82, 2.24) is 4.57 Å². The third-order valence-electron chi connectivity index (χ3n) is 12.5. The summed E-state index contributed by atoms with van der Waals surface area (Å²) in [6.45, 7) is 12.6. The van der Waals surface area contributed by atoms with E-state index in [0.29, 0.717) is 11.6 Å². The number of carbonyl (C=O) groups is 1. The predicted molar refractivity (Wildman–Crippen MR) is 176 cm³/mol. The Hall–Kier alpha value is -3.23. The summed E-state index contributed by atoms with van der Waals surface area (Å²) in [6, 6.07) is 17.8. The number of aliphatic hydroxyl groups excluding tert-OH is 1. The Morgan fingerprint density at radius 2 is 1.74 bits per heavy atom. The summed E-state index contributed by atoms with van der Waals surface area (Å²) in [5, 5.41) is 27.0. The van der Waals surface area contributed by atoms with E-state index in [-0.39, 0.29) is 29.8 Å². The molecule has 2 aromatic carbocycles. The summed E-state index contributed by atoms with van der Waals surface area (Å²) in [4.78, 5) is 14.6. The summed E-state index contributed by atoms with van der Waals surface area (Å²) in [6.07, 6.45) is 2.23. The number of esters is 1. The van der Waals surface area contributed by atoms with E-state index in [1.807, 2.05) is 93.1 Å².